The first-order valence-electron chi connectivity index (χ1n) is 8.77. The Hall–Kier alpha value is -2.02. The Balaban J connectivity index is 1.51. The summed E-state index contributed by atoms with van der Waals surface area (Å²) in [6, 6.07) is 11.2. The van der Waals surface area contributed by atoms with Gasteiger partial charge in [-0.1, -0.05) is 23.7 Å². The van der Waals surface area contributed by atoms with Crippen LogP contribution in [0.25, 0.3) is 17.4 Å². The predicted octanol–water partition coefficient (Wildman–Crippen LogP) is 4.68. The van der Waals surface area contributed by atoms with Crippen molar-refractivity contribution in [1.82, 2.24) is 4.90 Å². The van der Waals surface area contributed by atoms with Gasteiger partial charge in [-0.2, -0.15) is 4.99 Å². The highest BCUT2D eigenvalue weighted by Crippen LogP contribution is 2.34. The van der Waals surface area contributed by atoms with Gasteiger partial charge in [0.05, 0.1) is 22.1 Å². The molecule has 0 spiro atoms. The fraction of sp³-hybridized carbons (Fsp3) is 0.300. The molecule has 2 aliphatic heterocycles. The largest absolute Gasteiger partial charge is 0.457 e. The summed E-state index contributed by atoms with van der Waals surface area (Å²) in [4.78, 5) is 19.2. The molecular formula is C20H19ClN2O3S. The van der Waals surface area contributed by atoms with Crippen LogP contribution in [0, 0.1) is 0 Å². The lowest BCUT2D eigenvalue weighted by Gasteiger charge is -2.35. The molecule has 7 heteroatoms. The Morgan fingerprint density at radius 1 is 1.19 bits per heavy atom. The first-order chi connectivity index (χ1) is 13.0. The summed E-state index contributed by atoms with van der Waals surface area (Å²) in [5.41, 5.74) is 0.822. The third kappa shape index (κ3) is 3.98. The third-order valence-corrected chi connectivity index (χ3v) is 5.71. The number of benzene rings is 1. The van der Waals surface area contributed by atoms with Crippen LogP contribution in [-0.4, -0.2) is 41.3 Å². The number of amidine groups is 1. The van der Waals surface area contributed by atoms with E-state index in [1.165, 1.54) is 11.8 Å². The molecule has 1 fully saturated rings. The van der Waals surface area contributed by atoms with Crippen molar-refractivity contribution < 1.29 is 13.9 Å². The van der Waals surface area contributed by atoms with Gasteiger partial charge in [-0.25, -0.2) is 0 Å². The molecule has 0 aliphatic carbocycles. The second-order valence-corrected chi connectivity index (χ2v) is 8.07. The van der Waals surface area contributed by atoms with Crippen molar-refractivity contribution in [1.29, 1.82) is 0 Å². The molecule has 1 saturated heterocycles. The monoisotopic (exact) mass is 402 g/mol. The maximum atomic E-state index is 12.3. The van der Waals surface area contributed by atoms with E-state index in [1.54, 1.807) is 6.08 Å². The van der Waals surface area contributed by atoms with Gasteiger partial charge in [0.25, 0.3) is 5.91 Å². The smallest absolute Gasteiger partial charge is 0.286 e. The number of aliphatic imine (C=N–C) groups is 1. The average molecular weight is 403 g/mol. The molecule has 2 aromatic rings. The zero-order valence-electron chi connectivity index (χ0n) is 15.0. The van der Waals surface area contributed by atoms with Crippen LogP contribution < -0.4 is 0 Å². The normalized spacial score (nSPS) is 24.6. The molecule has 1 amide bonds. The number of nitrogens with zero attached hydrogens (tertiary/aromatic N) is 2. The zero-order chi connectivity index (χ0) is 19.0. The fourth-order valence-corrected chi connectivity index (χ4v) is 4.37. The Morgan fingerprint density at radius 3 is 2.67 bits per heavy atom. The number of carbonyl (C=O) groups excluding carboxylic acids is 1. The summed E-state index contributed by atoms with van der Waals surface area (Å²) in [5.74, 6) is 1.03. The van der Waals surface area contributed by atoms with Crippen molar-refractivity contribution in [3.05, 3.63) is 52.1 Å². The van der Waals surface area contributed by atoms with Gasteiger partial charge in [0, 0.05) is 24.7 Å². The summed E-state index contributed by atoms with van der Waals surface area (Å²) < 4.78 is 11.6. The summed E-state index contributed by atoms with van der Waals surface area (Å²) in [6.45, 7) is 5.52. The van der Waals surface area contributed by atoms with E-state index < -0.39 is 0 Å². The molecule has 0 radical (unpaired) electrons. The van der Waals surface area contributed by atoms with Crippen LogP contribution in [0.15, 0.2) is 50.7 Å². The summed E-state index contributed by atoms with van der Waals surface area (Å²) in [7, 11) is 0. The number of hydrogen-bond acceptors (Lipinski definition) is 5. The van der Waals surface area contributed by atoms with Crippen molar-refractivity contribution in [2.75, 3.05) is 13.1 Å². The number of morpholine rings is 1. The van der Waals surface area contributed by atoms with E-state index in [2.05, 4.69) is 9.89 Å². The fourth-order valence-electron chi connectivity index (χ4n) is 3.23. The minimum absolute atomic E-state index is 0.114. The Bertz CT molecular complexity index is 927. The maximum Gasteiger partial charge on any atom is 0.286 e. The van der Waals surface area contributed by atoms with Crippen LogP contribution in [0.5, 0.6) is 0 Å². The van der Waals surface area contributed by atoms with Gasteiger partial charge in [-0.15, -0.1) is 0 Å². The molecule has 0 bridgehead atoms. The van der Waals surface area contributed by atoms with E-state index in [-0.39, 0.29) is 18.1 Å². The molecule has 4 rings (SSSR count). The molecule has 27 heavy (non-hydrogen) atoms. The lowest BCUT2D eigenvalue weighted by Crippen LogP contribution is -2.47. The van der Waals surface area contributed by atoms with Gasteiger partial charge in [0.15, 0.2) is 5.17 Å². The van der Waals surface area contributed by atoms with Gasteiger partial charge in [-0.3, -0.25) is 4.79 Å². The first kappa shape index (κ1) is 18.3. The van der Waals surface area contributed by atoms with Crippen LogP contribution >= 0.6 is 23.4 Å². The minimum Gasteiger partial charge on any atom is -0.457 e. The third-order valence-electron chi connectivity index (χ3n) is 4.34. The number of ether oxygens (including phenoxy) is 1. The second-order valence-electron chi connectivity index (χ2n) is 6.65. The van der Waals surface area contributed by atoms with E-state index >= 15 is 0 Å². The number of carbonyl (C=O) groups is 1. The quantitative estimate of drug-likeness (QED) is 0.682. The Kier molecular flexibility index (Phi) is 5.12. The van der Waals surface area contributed by atoms with E-state index in [0.29, 0.717) is 21.4 Å². The molecule has 140 valence electrons. The number of rotatable bonds is 2. The zero-order valence-corrected chi connectivity index (χ0v) is 16.6. The molecule has 0 N–H and O–H groups in total. The van der Waals surface area contributed by atoms with E-state index in [1.807, 2.05) is 50.2 Å². The van der Waals surface area contributed by atoms with Crippen molar-refractivity contribution in [2.24, 2.45) is 4.99 Å². The average Bonchev–Trinajstić information content (AvgIpc) is 3.22. The first-order valence-corrected chi connectivity index (χ1v) is 9.97. The van der Waals surface area contributed by atoms with Crippen molar-refractivity contribution in [3.63, 3.8) is 0 Å². The lowest BCUT2D eigenvalue weighted by molar-refractivity contribution is -0.113. The highest BCUT2D eigenvalue weighted by molar-refractivity contribution is 8.18. The predicted molar refractivity (Wildman–Crippen MR) is 109 cm³/mol. The molecule has 5 nitrogen and oxygen atoms in total. The Labute approximate surface area is 167 Å². The number of furan rings is 1. The molecule has 1 aromatic heterocycles. The molecule has 1 aromatic carbocycles. The summed E-state index contributed by atoms with van der Waals surface area (Å²) >= 11 is 7.60. The van der Waals surface area contributed by atoms with Crippen LogP contribution in [0.4, 0.5) is 0 Å². The molecule has 2 atom stereocenters. The van der Waals surface area contributed by atoms with Crippen LogP contribution in [-0.2, 0) is 9.53 Å². The molecule has 0 saturated carbocycles. The van der Waals surface area contributed by atoms with E-state index in [0.717, 1.165) is 23.8 Å². The van der Waals surface area contributed by atoms with Crippen molar-refractivity contribution in [2.45, 2.75) is 26.1 Å². The van der Waals surface area contributed by atoms with Crippen molar-refractivity contribution in [3.8, 4) is 11.3 Å². The minimum atomic E-state index is -0.238. The van der Waals surface area contributed by atoms with Gasteiger partial charge in [-0.05, 0) is 49.9 Å². The van der Waals surface area contributed by atoms with E-state index in [9.17, 15) is 4.79 Å². The van der Waals surface area contributed by atoms with Gasteiger partial charge in [0.2, 0.25) is 0 Å². The van der Waals surface area contributed by atoms with Crippen LogP contribution in [0.3, 0.4) is 0 Å². The van der Waals surface area contributed by atoms with Gasteiger partial charge in [0.1, 0.15) is 11.5 Å². The van der Waals surface area contributed by atoms with Crippen LogP contribution in [0.1, 0.15) is 19.6 Å². The van der Waals surface area contributed by atoms with Gasteiger partial charge < -0.3 is 14.1 Å². The topological polar surface area (TPSA) is 55.0 Å². The Morgan fingerprint density at radius 2 is 1.93 bits per heavy atom. The molecule has 3 heterocycles. The lowest BCUT2D eigenvalue weighted by atomic mass is 10.2. The second kappa shape index (κ2) is 7.54. The highest BCUT2D eigenvalue weighted by atomic mass is 35.5. The van der Waals surface area contributed by atoms with E-state index in [4.69, 9.17) is 20.8 Å². The number of amides is 1. The SMILES string of the molecule is CC1CN(C2=NC(=O)C(=Cc3ccc(-c4ccccc4Cl)o3)S2)CC(C)O1. The standard InChI is InChI=1S/C20H19ClN2O3S/c1-12-10-23(11-13(2)25-12)20-22-19(24)18(27-20)9-14-7-8-17(26-14)15-5-3-4-6-16(15)21/h3-9,12-13H,10-11H2,1-2H3. The summed E-state index contributed by atoms with van der Waals surface area (Å²) in [6.07, 6.45) is 1.96. The molecular weight excluding hydrogens is 384 g/mol. The maximum absolute atomic E-state index is 12.3. The number of halogens is 1. The van der Waals surface area contributed by atoms with Gasteiger partial charge >= 0.3 is 0 Å². The number of thioether (sulfide) groups is 1. The number of hydrogen-bond donors (Lipinski definition) is 0. The van der Waals surface area contributed by atoms with Crippen molar-refractivity contribution >= 4 is 40.5 Å². The highest BCUT2D eigenvalue weighted by Gasteiger charge is 2.31. The summed E-state index contributed by atoms with van der Waals surface area (Å²) in [5, 5.41) is 1.35. The molecule has 2 unspecified atom stereocenters. The van der Waals surface area contributed by atoms with Crippen LogP contribution in [0.2, 0.25) is 5.02 Å². The molecule has 2 aliphatic rings.